The van der Waals surface area contributed by atoms with E-state index in [4.69, 9.17) is 17.3 Å². The largest absolute Gasteiger partial charge is 0.481 e. The molecule has 6 aliphatic rings. The van der Waals surface area contributed by atoms with Crippen molar-refractivity contribution < 1.29 is 29.4 Å². The maximum Gasteiger partial charge on any atom is 0.306 e. The van der Waals surface area contributed by atoms with Gasteiger partial charge >= 0.3 is 5.97 Å². The first-order valence-corrected chi connectivity index (χ1v) is 23.7. The van der Waals surface area contributed by atoms with Crippen molar-refractivity contribution in [2.45, 2.75) is 145 Å². The maximum atomic E-state index is 13.9. The van der Waals surface area contributed by atoms with Gasteiger partial charge in [-0.05, 0) is 160 Å². The molecule has 5 fully saturated rings. The van der Waals surface area contributed by atoms with E-state index < -0.39 is 11.7 Å². The van der Waals surface area contributed by atoms with Gasteiger partial charge in [0.1, 0.15) is 5.78 Å². The van der Waals surface area contributed by atoms with E-state index in [2.05, 4.69) is 52.2 Å². The van der Waals surface area contributed by atoms with E-state index >= 15 is 0 Å². The zero-order valence-electron chi connectivity index (χ0n) is 37.9. The number of halogens is 1. The van der Waals surface area contributed by atoms with E-state index in [1.54, 1.807) is 0 Å². The summed E-state index contributed by atoms with van der Waals surface area (Å²) in [6.45, 7) is 19.6. The van der Waals surface area contributed by atoms with Crippen molar-refractivity contribution in [2.75, 3.05) is 19.6 Å². The van der Waals surface area contributed by atoms with Crippen molar-refractivity contribution in [1.82, 2.24) is 10.6 Å². The Morgan fingerprint density at radius 1 is 0.983 bits per heavy atom. The first-order chi connectivity index (χ1) is 28.2. The number of nitrogens with two attached hydrogens (primary N) is 1. The zero-order chi connectivity index (χ0) is 44.0. The van der Waals surface area contributed by atoms with Crippen LogP contribution >= 0.6 is 11.6 Å². The number of rotatable bonds is 14. The fourth-order valence-corrected chi connectivity index (χ4v) is 15.0. The topological polar surface area (TPSA) is 159 Å². The van der Waals surface area contributed by atoms with Crippen molar-refractivity contribution in [3.05, 3.63) is 46.0 Å². The van der Waals surface area contributed by atoms with Gasteiger partial charge in [-0.3, -0.25) is 19.2 Å². The summed E-state index contributed by atoms with van der Waals surface area (Å²) in [5, 5.41) is 27.1. The standard InChI is InChI=1S/C43H69N3O6.C7H7Cl/c1-25(2)36-33(49)22-42(17-19-45-23-43(52,16-18-44)46-24-47)15-11-31-28(37(36)42)8-9-35-40(31,6)14-12-34-39(4,5)27(10-13-41(34,35)7)20-32(48)29-21-30(26(29)3)38(50)51;1-6-2-4-7(8)5-3-6/h24-31,34-35,45,52H,8-23,44H2,1-7H3,(H,46,47)(H,50,51);2-5H,1H3. The first-order valence-electron chi connectivity index (χ1n) is 23.3. The van der Waals surface area contributed by atoms with Gasteiger partial charge in [0.15, 0.2) is 11.5 Å². The number of aliphatic hydroxyl groups is 1. The predicted molar refractivity (Wildman–Crippen MR) is 238 cm³/mol. The van der Waals surface area contributed by atoms with Crippen molar-refractivity contribution in [2.24, 2.45) is 80.7 Å². The summed E-state index contributed by atoms with van der Waals surface area (Å²) in [4.78, 5) is 50.2. The van der Waals surface area contributed by atoms with Gasteiger partial charge in [0.25, 0.3) is 0 Å². The van der Waals surface area contributed by atoms with Gasteiger partial charge < -0.3 is 26.6 Å². The molecular formula is C50H76ClN3O6. The molecule has 9 nitrogen and oxygen atoms in total. The van der Waals surface area contributed by atoms with Crippen molar-refractivity contribution in [3.63, 3.8) is 0 Å². The molecule has 0 radical (unpaired) electrons. The average Bonchev–Trinajstić information content (AvgIpc) is 3.47. The number of carboxylic acids is 1. The summed E-state index contributed by atoms with van der Waals surface area (Å²) in [6, 6.07) is 7.75. The summed E-state index contributed by atoms with van der Waals surface area (Å²) in [6.07, 6.45) is 12.4. The molecular weight excluding hydrogens is 774 g/mol. The molecule has 0 heterocycles. The second-order valence-corrected chi connectivity index (χ2v) is 22.2. The monoisotopic (exact) mass is 850 g/mol. The van der Waals surface area contributed by atoms with E-state index in [1.807, 2.05) is 38.1 Å². The number of aryl methyl sites for hydroxylation is 1. The number of aliphatic carboxylic acids is 1. The zero-order valence-corrected chi connectivity index (χ0v) is 38.6. The van der Waals surface area contributed by atoms with Crippen LogP contribution in [0.5, 0.6) is 0 Å². The number of benzene rings is 1. The Bertz CT molecular complexity index is 1770. The van der Waals surface area contributed by atoms with Crippen LogP contribution in [0.1, 0.15) is 138 Å². The second-order valence-electron chi connectivity index (χ2n) is 21.8. The van der Waals surface area contributed by atoms with Crippen LogP contribution in [0.3, 0.4) is 0 Å². The number of ketones is 2. The highest BCUT2D eigenvalue weighted by atomic mass is 35.5. The molecule has 10 heteroatoms. The molecule has 60 heavy (non-hydrogen) atoms. The number of carboxylic acid groups (broad SMARTS) is 1. The van der Waals surface area contributed by atoms with Crippen LogP contribution in [0.4, 0.5) is 0 Å². The van der Waals surface area contributed by atoms with Crippen LogP contribution in [0.15, 0.2) is 35.4 Å². The molecule has 334 valence electrons. The number of allylic oxidation sites excluding steroid dienone is 2. The quantitative estimate of drug-likeness (QED) is 0.0706. The minimum Gasteiger partial charge on any atom is -0.481 e. The summed E-state index contributed by atoms with van der Waals surface area (Å²) in [7, 11) is 0. The third-order valence-electron chi connectivity index (χ3n) is 18.0. The van der Waals surface area contributed by atoms with E-state index in [-0.39, 0.29) is 70.6 Å². The van der Waals surface area contributed by atoms with E-state index in [1.165, 1.54) is 30.4 Å². The number of nitrogens with one attached hydrogen (secondary N) is 2. The molecule has 7 rings (SSSR count). The molecule has 0 aliphatic heterocycles. The highest BCUT2D eigenvalue weighted by Crippen LogP contribution is 2.74. The minimum atomic E-state index is -1.38. The van der Waals surface area contributed by atoms with Crippen LogP contribution in [-0.4, -0.2) is 59.5 Å². The first kappa shape index (κ1) is 46.9. The number of carbonyl (C=O) groups excluding carboxylic acids is 3. The SMILES string of the molecule is CC(C)C1=C2C3CCC4C(C)(CCC5C(C)(C)C(CC(=O)C6CC(C(=O)O)C6C)CCC54C)C3CCC2(CCNCC(O)(CCN)NC=O)CC1=O.Cc1ccc(Cl)cc1. The number of carbonyl (C=O) groups is 4. The van der Waals surface area contributed by atoms with Crippen LogP contribution in [0.2, 0.25) is 5.02 Å². The summed E-state index contributed by atoms with van der Waals surface area (Å²) in [5.41, 5.74) is 8.44. The number of hydrogen-bond acceptors (Lipinski definition) is 7. The molecule has 6 aliphatic carbocycles. The third kappa shape index (κ3) is 8.56. The molecule has 0 aromatic heterocycles. The predicted octanol–water partition coefficient (Wildman–Crippen LogP) is 8.92. The van der Waals surface area contributed by atoms with Crippen LogP contribution in [0.25, 0.3) is 0 Å². The highest BCUT2D eigenvalue weighted by molar-refractivity contribution is 6.30. The number of Topliss-reactive ketones (excluding diaryl/α,β-unsaturated/α-hetero) is 2. The Hall–Kier alpha value is -2.59. The smallest absolute Gasteiger partial charge is 0.306 e. The van der Waals surface area contributed by atoms with Crippen molar-refractivity contribution >= 4 is 35.5 Å². The Labute approximate surface area is 365 Å². The van der Waals surface area contributed by atoms with Crippen LogP contribution < -0.4 is 16.4 Å². The molecule has 1 aromatic rings. The average molecular weight is 851 g/mol. The van der Waals surface area contributed by atoms with Gasteiger partial charge in [-0.15, -0.1) is 0 Å². The molecule has 5 saturated carbocycles. The minimum absolute atomic E-state index is 0.0392. The molecule has 0 spiro atoms. The van der Waals surface area contributed by atoms with Crippen LogP contribution in [0, 0.1) is 81.8 Å². The fourth-order valence-electron chi connectivity index (χ4n) is 14.8. The molecule has 12 unspecified atom stereocenters. The lowest BCUT2D eigenvalue weighted by Gasteiger charge is -2.69. The molecule has 0 bridgehead atoms. The lowest BCUT2D eigenvalue weighted by Crippen LogP contribution is -2.62. The lowest BCUT2D eigenvalue weighted by atomic mass is 9.35. The van der Waals surface area contributed by atoms with Crippen molar-refractivity contribution in [3.8, 4) is 0 Å². The number of amides is 1. The summed E-state index contributed by atoms with van der Waals surface area (Å²) < 4.78 is 0. The molecule has 1 aromatic carbocycles. The van der Waals surface area contributed by atoms with E-state index in [9.17, 15) is 29.4 Å². The molecule has 6 N–H and O–H groups in total. The Morgan fingerprint density at radius 3 is 2.27 bits per heavy atom. The van der Waals surface area contributed by atoms with Gasteiger partial charge in [0.2, 0.25) is 6.41 Å². The summed E-state index contributed by atoms with van der Waals surface area (Å²) >= 11 is 5.61. The Balaban J connectivity index is 0.000000676. The maximum absolute atomic E-state index is 13.9. The van der Waals surface area contributed by atoms with Gasteiger partial charge in [-0.2, -0.15) is 0 Å². The fraction of sp³-hybridized carbons (Fsp3) is 0.760. The highest BCUT2D eigenvalue weighted by Gasteiger charge is 2.66. The van der Waals surface area contributed by atoms with Gasteiger partial charge in [-0.1, -0.05) is 83.3 Å². The number of hydrogen-bond donors (Lipinski definition) is 5. The molecule has 12 atom stereocenters. The summed E-state index contributed by atoms with van der Waals surface area (Å²) in [5.74, 6) is 1.98. The van der Waals surface area contributed by atoms with E-state index in [0.29, 0.717) is 67.6 Å². The Kier molecular flexibility index (Phi) is 14.0. The normalized spacial score (nSPS) is 37.6. The van der Waals surface area contributed by atoms with Gasteiger partial charge in [0, 0.05) is 42.2 Å². The van der Waals surface area contributed by atoms with Gasteiger partial charge in [-0.25, -0.2) is 0 Å². The van der Waals surface area contributed by atoms with E-state index in [0.717, 1.165) is 49.1 Å². The lowest BCUT2D eigenvalue weighted by molar-refractivity contribution is -0.193. The Morgan fingerprint density at radius 2 is 1.67 bits per heavy atom. The van der Waals surface area contributed by atoms with Crippen LogP contribution in [-0.2, 0) is 19.2 Å². The van der Waals surface area contributed by atoms with Gasteiger partial charge in [0.05, 0.1) is 5.92 Å². The molecule has 1 amide bonds. The number of fused-ring (bicyclic) bond motifs is 7. The second kappa shape index (κ2) is 17.9. The van der Waals surface area contributed by atoms with Crippen molar-refractivity contribution in [1.29, 1.82) is 0 Å². The molecule has 0 saturated heterocycles. The third-order valence-corrected chi connectivity index (χ3v) is 18.3.